The van der Waals surface area contributed by atoms with Crippen molar-refractivity contribution in [2.24, 2.45) is 5.73 Å². The molecule has 1 aromatic rings. The Morgan fingerprint density at radius 1 is 1.64 bits per heavy atom. The Morgan fingerprint density at radius 2 is 2.50 bits per heavy atom. The van der Waals surface area contributed by atoms with Gasteiger partial charge in [0.2, 0.25) is 0 Å². The molecular weight excluding hydrogens is 199 g/mol. The van der Waals surface area contributed by atoms with Crippen molar-refractivity contribution in [1.29, 1.82) is 0 Å². The van der Waals surface area contributed by atoms with Crippen molar-refractivity contribution in [3.63, 3.8) is 0 Å². The Morgan fingerprint density at radius 3 is 3.14 bits per heavy atom. The zero-order chi connectivity index (χ0) is 9.97. The lowest BCUT2D eigenvalue weighted by atomic mass is 10.2. The van der Waals surface area contributed by atoms with E-state index >= 15 is 0 Å². The van der Waals surface area contributed by atoms with Crippen molar-refractivity contribution in [1.82, 2.24) is 4.90 Å². The highest BCUT2D eigenvalue weighted by Crippen LogP contribution is 2.23. The summed E-state index contributed by atoms with van der Waals surface area (Å²) in [6.45, 7) is 1.95. The van der Waals surface area contributed by atoms with E-state index in [0.29, 0.717) is 19.5 Å². The quantitative estimate of drug-likeness (QED) is 0.828. The summed E-state index contributed by atoms with van der Waals surface area (Å²) in [6, 6.07) is 4.34. The van der Waals surface area contributed by atoms with Crippen LogP contribution in [0.3, 0.4) is 0 Å². The maximum absolute atomic E-state index is 13.1. The van der Waals surface area contributed by atoms with Gasteiger partial charge in [0.15, 0.2) is 0 Å². The molecule has 2 rings (SSSR count). The molecule has 2 N–H and O–H groups in total. The third-order valence-electron chi connectivity index (χ3n) is 2.69. The van der Waals surface area contributed by atoms with E-state index in [1.165, 1.54) is 4.88 Å². The fraction of sp³-hybridized carbons (Fsp3) is 0.600. The third-order valence-corrected chi connectivity index (χ3v) is 3.55. The van der Waals surface area contributed by atoms with Gasteiger partial charge in [-0.25, -0.2) is 4.39 Å². The van der Waals surface area contributed by atoms with Crippen LogP contribution < -0.4 is 5.73 Å². The van der Waals surface area contributed by atoms with Crippen LogP contribution in [0.2, 0.25) is 0 Å². The molecule has 0 radical (unpaired) electrons. The molecule has 0 saturated carbocycles. The van der Waals surface area contributed by atoms with Crippen LogP contribution in [0.1, 0.15) is 11.3 Å². The minimum absolute atomic E-state index is 0.229. The molecule has 1 aliphatic heterocycles. The fourth-order valence-electron chi connectivity index (χ4n) is 1.96. The van der Waals surface area contributed by atoms with Gasteiger partial charge in [0, 0.05) is 30.6 Å². The van der Waals surface area contributed by atoms with E-state index < -0.39 is 6.17 Å². The van der Waals surface area contributed by atoms with Crippen LogP contribution in [0, 0.1) is 0 Å². The second-order valence-electron chi connectivity index (χ2n) is 3.73. The second-order valence-corrected chi connectivity index (χ2v) is 4.76. The van der Waals surface area contributed by atoms with Crippen molar-refractivity contribution in [2.75, 3.05) is 13.1 Å². The third kappa shape index (κ3) is 2.13. The lowest BCUT2D eigenvalue weighted by molar-refractivity contribution is 0.240. The molecule has 1 saturated heterocycles. The van der Waals surface area contributed by atoms with Gasteiger partial charge < -0.3 is 5.73 Å². The fourth-order valence-corrected chi connectivity index (χ4v) is 2.69. The van der Waals surface area contributed by atoms with E-state index in [-0.39, 0.29) is 6.04 Å². The van der Waals surface area contributed by atoms with Crippen molar-refractivity contribution in [2.45, 2.75) is 25.2 Å². The number of alkyl halides is 1. The van der Waals surface area contributed by atoms with Crippen LogP contribution in [0.15, 0.2) is 17.5 Å². The number of likely N-dealkylation sites (tertiary alicyclic amines) is 1. The van der Waals surface area contributed by atoms with Gasteiger partial charge in [-0.05, 0) is 17.9 Å². The Kier molecular flexibility index (Phi) is 3.15. The first-order valence-corrected chi connectivity index (χ1v) is 5.78. The summed E-state index contributed by atoms with van der Waals surface area (Å²) >= 11 is 1.72. The van der Waals surface area contributed by atoms with Crippen molar-refractivity contribution >= 4 is 11.3 Å². The predicted molar refractivity (Wildman–Crippen MR) is 57.1 cm³/mol. The molecule has 0 bridgehead atoms. The molecule has 2 nitrogen and oxygen atoms in total. The standard InChI is InChI=1S/C10H15FN2S/c11-8-4-9(5-12)13(6-8)7-10-2-1-3-14-10/h1-3,8-9H,4-7,12H2/t8-,9+/m0/s1. The number of nitrogens with zero attached hydrogens (tertiary/aromatic N) is 1. The predicted octanol–water partition coefficient (Wildman–Crippen LogP) is 1.62. The van der Waals surface area contributed by atoms with E-state index in [1.807, 2.05) is 6.07 Å². The molecule has 2 heterocycles. The summed E-state index contributed by atoms with van der Waals surface area (Å²) in [7, 11) is 0. The number of halogens is 1. The zero-order valence-electron chi connectivity index (χ0n) is 8.03. The first kappa shape index (κ1) is 10.1. The summed E-state index contributed by atoms with van der Waals surface area (Å²) in [5, 5.41) is 2.05. The lowest BCUT2D eigenvalue weighted by Gasteiger charge is -2.21. The highest BCUT2D eigenvalue weighted by molar-refractivity contribution is 7.09. The molecule has 0 spiro atoms. The van der Waals surface area contributed by atoms with Crippen LogP contribution in [0.5, 0.6) is 0 Å². The van der Waals surface area contributed by atoms with Gasteiger partial charge in [0.1, 0.15) is 6.17 Å². The summed E-state index contributed by atoms with van der Waals surface area (Å²) in [6.07, 6.45) is -0.0921. The molecule has 1 aliphatic rings. The van der Waals surface area contributed by atoms with Crippen LogP contribution in [0.4, 0.5) is 4.39 Å². The summed E-state index contributed by atoms with van der Waals surface area (Å²) < 4.78 is 13.1. The highest BCUT2D eigenvalue weighted by atomic mass is 32.1. The van der Waals surface area contributed by atoms with E-state index in [4.69, 9.17) is 5.73 Å². The molecule has 78 valence electrons. The Labute approximate surface area is 87.5 Å². The van der Waals surface area contributed by atoms with Crippen LogP contribution in [0.25, 0.3) is 0 Å². The van der Waals surface area contributed by atoms with E-state index in [2.05, 4.69) is 16.3 Å². The first-order chi connectivity index (χ1) is 6.79. The largest absolute Gasteiger partial charge is 0.329 e. The SMILES string of the molecule is NC[C@H]1C[C@H](F)CN1Cc1cccs1. The van der Waals surface area contributed by atoms with E-state index in [0.717, 1.165) is 6.54 Å². The van der Waals surface area contributed by atoms with Gasteiger partial charge in [-0.15, -0.1) is 11.3 Å². The normalized spacial score (nSPS) is 28.4. The van der Waals surface area contributed by atoms with Crippen molar-refractivity contribution in [3.05, 3.63) is 22.4 Å². The number of thiophene rings is 1. The summed E-state index contributed by atoms with van der Waals surface area (Å²) in [5.41, 5.74) is 5.61. The summed E-state index contributed by atoms with van der Waals surface area (Å²) in [5.74, 6) is 0. The average molecular weight is 214 g/mol. The van der Waals surface area contributed by atoms with Gasteiger partial charge in [0.05, 0.1) is 0 Å². The number of hydrogen-bond donors (Lipinski definition) is 1. The van der Waals surface area contributed by atoms with Gasteiger partial charge in [-0.3, -0.25) is 4.90 Å². The molecule has 14 heavy (non-hydrogen) atoms. The minimum Gasteiger partial charge on any atom is -0.329 e. The number of hydrogen-bond acceptors (Lipinski definition) is 3. The molecule has 0 amide bonds. The highest BCUT2D eigenvalue weighted by Gasteiger charge is 2.30. The topological polar surface area (TPSA) is 29.3 Å². The summed E-state index contributed by atoms with van der Waals surface area (Å²) in [4.78, 5) is 3.44. The molecule has 0 aliphatic carbocycles. The molecule has 4 heteroatoms. The number of rotatable bonds is 3. The minimum atomic E-state index is -0.691. The molecule has 1 fully saturated rings. The lowest BCUT2D eigenvalue weighted by Crippen LogP contribution is -2.34. The van der Waals surface area contributed by atoms with E-state index in [9.17, 15) is 4.39 Å². The zero-order valence-corrected chi connectivity index (χ0v) is 8.84. The smallest absolute Gasteiger partial charge is 0.114 e. The Bertz CT molecular complexity index is 276. The second kappa shape index (κ2) is 4.38. The molecule has 1 aromatic heterocycles. The van der Waals surface area contributed by atoms with Crippen LogP contribution in [-0.4, -0.2) is 30.2 Å². The molecule has 0 aromatic carbocycles. The maximum atomic E-state index is 13.1. The van der Waals surface area contributed by atoms with Crippen molar-refractivity contribution in [3.8, 4) is 0 Å². The van der Waals surface area contributed by atoms with Gasteiger partial charge in [-0.1, -0.05) is 6.07 Å². The van der Waals surface area contributed by atoms with Gasteiger partial charge in [-0.2, -0.15) is 0 Å². The van der Waals surface area contributed by atoms with Crippen LogP contribution in [-0.2, 0) is 6.54 Å². The molecular formula is C10H15FN2S. The van der Waals surface area contributed by atoms with Gasteiger partial charge in [0.25, 0.3) is 0 Å². The average Bonchev–Trinajstić information content (AvgIpc) is 2.76. The Hall–Kier alpha value is -0.450. The molecule has 2 atom stereocenters. The monoisotopic (exact) mass is 214 g/mol. The Balaban J connectivity index is 1.97. The molecule has 0 unspecified atom stereocenters. The van der Waals surface area contributed by atoms with Crippen LogP contribution >= 0.6 is 11.3 Å². The maximum Gasteiger partial charge on any atom is 0.114 e. The number of nitrogens with two attached hydrogens (primary N) is 1. The van der Waals surface area contributed by atoms with Crippen molar-refractivity contribution < 1.29 is 4.39 Å². The first-order valence-electron chi connectivity index (χ1n) is 4.90. The van der Waals surface area contributed by atoms with E-state index in [1.54, 1.807) is 11.3 Å². The van der Waals surface area contributed by atoms with Gasteiger partial charge >= 0.3 is 0 Å².